The standard InChI is InChI=1S/C13H18FNO2/c1-9-11(8-16)13(15,6-7-17-9)10-4-2-3-5-12(10)14/h2-5,9,11,16H,6-8,15H2,1H3. The van der Waals surface area contributed by atoms with Gasteiger partial charge in [0, 0.05) is 18.1 Å². The van der Waals surface area contributed by atoms with Gasteiger partial charge in [0.15, 0.2) is 0 Å². The van der Waals surface area contributed by atoms with E-state index in [4.69, 9.17) is 10.5 Å². The smallest absolute Gasteiger partial charge is 0.128 e. The molecule has 1 aromatic rings. The number of hydrogen-bond donors (Lipinski definition) is 2. The zero-order valence-corrected chi connectivity index (χ0v) is 9.90. The molecule has 4 heteroatoms. The van der Waals surface area contributed by atoms with Crippen molar-refractivity contribution >= 4 is 0 Å². The van der Waals surface area contributed by atoms with Crippen LogP contribution in [-0.2, 0) is 10.3 Å². The van der Waals surface area contributed by atoms with Crippen molar-refractivity contribution in [2.45, 2.75) is 25.0 Å². The number of halogens is 1. The molecular formula is C13H18FNO2. The third kappa shape index (κ3) is 2.08. The Morgan fingerprint density at radius 3 is 2.88 bits per heavy atom. The van der Waals surface area contributed by atoms with E-state index >= 15 is 0 Å². The van der Waals surface area contributed by atoms with Crippen LogP contribution < -0.4 is 5.73 Å². The van der Waals surface area contributed by atoms with E-state index in [2.05, 4.69) is 0 Å². The highest BCUT2D eigenvalue weighted by Crippen LogP contribution is 2.38. The molecular weight excluding hydrogens is 221 g/mol. The molecule has 94 valence electrons. The lowest BCUT2D eigenvalue weighted by Gasteiger charge is -2.44. The summed E-state index contributed by atoms with van der Waals surface area (Å²) in [5.41, 5.74) is 5.96. The second kappa shape index (κ2) is 4.72. The second-order valence-corrected chi connectivity index (χ2v) is 4.64. The Hall–Kier alpha value is -0.970. The van der Waals surface area contributed by atoms with E-state index in [0.717, 1.165) is 0 Å². The van der Waals surface area contributed by atoms with Crippen molar-refractivity contribution in [3.05, 3.63) is 35.6 Å². The molecule has 1 aliphatic rings. The Bertz CT molecular complexity index is 399. The number of nitrogens with two attached hydrogens (primary N) is 1. The average Bonchev–Trinajstić information content (AvgIpc) is 2.29. The number of benzene rings is 1. The Labute approximate surface area is 100 Å². The van der Waals surface area contributed by atoms with Crippen molar-refractivity contribution in [2.24, 2.45) is 11.7 Å². The van der Waals surface area contributed by atoms with Gasteiger partial charge in [-0.1, -0.05) is 18.2 Å². The normalized spacial score (nSPS) is 33.6. The molecule has 1 aliphatic heterocycles. The summed E-state index contributed by atoms with van der Waals surface area (Å²) in [6, 6.07) is 6.50. The maximum atomic E-state index is 13.9. The van der Waals surface area contributed by atoms with Crippen LogP contribution in [0.2, 0.25) is 0 Å². The van der Waals surface area contributed by atoms with Gasteiger partial charge in [0.1, 0.15) is 5.82 Å². The minimum atomic E-state index is -0.849. The Kier molecular flexibility index (Phi) is 3.47. The minimum Gasteiger partial charge on any atom is -0.396 e. The molecule has 3 atom stereocenters. The summed E-state index contributed by atoms with van der Waals surface area (Å²) in [5, 5.41) is 9.47. The van der Waals surface area contributed by atoms with Crippen molar-refractivity contribution in [3.63, 3.8) is 0 Å². The molecule has 1 saturated heterocycles. The van der Waals surface area contributed by atoms with Gasteiger partial charge >= 0.3 is 0 Å². The molecule has 0 spiro atoms. The van der Waals surface area contributed by atoms with E-state index in [1.807, 2.05) is 6.92 Å². The van der Waals surface area contributed by atoms with E-state index < -0.39 is 5.54 Å². The van der Waals surface area contributed by atoms with Crippen LogP contribution >= 0.6 is 0 Å². The van der Waals surface area contributed by atoms with Gasteiger partial charge < -0.3 is 15.6 Å². The fourth-order valence-electron chi connectivity index (χ4n) is 2.62. The van der Waals surface area contributed by atoms with E-state index in [1.165, 1.54) is 6.07 Å². The van der Waals surface area contributed by atoms with Crippen molar-refractivity contribution in [1.82, 2.24) is 0 Å². The zero-order chi connectivity index (χ0) is 12.5. The molecule has 0 saturated carbocycles. The van der Waals surface area contributed by atoms with Crippen molar-refractivity contribution in [2.75, 3.05) is 13.2 Å². The molecule has 1 heterocycles. The van der Waals surface area contributed by atoms with Gasteiger partial charge in [0.05, 0.1) is 18.2 Å². The molecule has 3 nitrogen and oxygen atoms in total. The second-order valence-electron chi connectivity index (χ2n) is 4.64. The average molecular weight is 239 g/mol. The molecule has 3 unspecified atom stereocenters. The summed E-state index contributed by atoms with van der Waals surface area (Å²) in [6.07, 6.45) is 0.349. The minimum absolute atomic E-state index is 0.105. The lowest BCUT2D eigenvalue weighted by atomic mass is 9.73. The highest BCUT2D eigenvalue weighted by Gasteiger charge is 2.44. The number of hydrogen-bond acceptors (Lipinski definition) is 3. The van der Waals surface area contributed by atoms with E-state index in [-0.39, 0.29) is 24.4 Å². The van der Waals surface area contributed by atoms with Gasteiger partial charge in [0.2, 0.25) is 0 Å². The first-order valence-corrected chi connectivity index (χ1v) is 5.86. The van der Waals surface area contributed by atoms with Crippen LogP contribution in [0.3, 0.4) is 0 Å². The molecule has 0 aliphatic carbocycles. The van der Waals surface area contributed by atoms with Crippen LogP contribution in [0.1, 0.15) is 18.9 Å². The molecule has 0 aromatic heterocycles. The number of aliphatic hydroxyl groups is 1. The number of ether oxygens (including phenoxy) is 1. The summed E-state index contributed by atoms with van der Waals surface area (Å²) in [6.45, 7) is 2.25. The summed E-state index contributed by atoms with van der Waals surface area (Å²) < 4.78 is 19.3. The fraction of sp³-hybridized carbons (Fsp3) is 0.538. The summed E-state index contributed by atoms with van der Waals surface area (Å²) in [5.74, 6) is -0.601. The predicted octanol–water partition coefficient (Wildman–Crippen LogP) is 1.40. The lowest BCUT2D eigenvalue weighted by Crippen LogP contribution is -2.55. The Morgan fingerprint density at radius 2 is 2.24 bits per heavy atom. The maximum absolute atomic E-state index is 13.9. The first kappa shape index (κ1) is 12.5. The quantitative estimate of drug-likeness (QED) is 0.820. The first-order chi connectivity index (χ1) is 8.09. The lowest BCUT2D eigenvalue weighted by molar-refractivity contribution is -0.0783. The molecule has 17 heavy (non-hydrogen) atoms. The third-order valence-corrected chi connectivity index (χ3v) is 3.70. The summed E-state index contributed by atoms with van der Waals surface area (Å²) in [7, 11) is 0. The van der Waals surface area contributed by atoms with Crippen molar-refractivity contribution in [1.29, 1.82) is 0 Å². The Balaban J connectivity index is 2.42. The van der Waals surface area contributed by atoms with Crippen LogP contribution in [0.5, 0.6) is 0 Å². The number of rotatable bonds is 2. The van der Waals surface area contributed by atoms with Gasteiger partial charge in [-0.2, -0.15) is 0 Å². The van der Waals surface area contributed by atoms with Crippen molar-refractivity contribution < 1.29 is 14.2 Å². The summed E-state index contributed by atoms with van der Waals surface area (Å²) in [4.78, 5) is 0. The van der Waals surface area contributed by atoms with E-state index in [1.54, 1.807) is 18.2 Å². The molecule has 1 fully saturated rings. The number of aliphatic hydroxyl groups excluding tert-OH is 1. The molecule has 0 amide bonds. The van der Waals surface area contributed by atoms with E-state index in [9.17, 15) is 9.50 Å². The van der Waals surface area contributed by atoms with Crippen LogP contribution in [0.4, 0.5) is 4.39 Å². The molecule has 2 rings (SSSR count). The van der Waals surface area contributed by atoms with Gasteiger partial charge in [-0.15, -0.1) is 0 Å². The topological polar surface area (TPSA) is 55.5 Å². The maximum Gasteiger partial charge on any atom is 0.128 e. The van der Waals surface area contributed by atoms with Crippen LogP contribution in [0, 0.1) is 11.7 Å². The highest BCUT2D eigenvalue weighted by atomic mass is 19.1. The molecule has 1 aromatic carbocycles. The molecule has 3 N–H and O–H groups in total. The Morgan fingerprint density at radius 1 is 1.53 bits per heavy atom. The summed E-state index contributed by atoms with van der Waals surface area (Å²) >= 11 is 0. The van der Waals surface area contributed by atoms with Gasteiger partial charge in [0.25, 0.3) is 0 Å². The van der Waals surface area contributed by atoms with Crippen molar-refractivity contribution in [3.8, 4) is 0 Å². The van der Waals surface area contributed by atoms with Gasteiger partial charge in [-0.05, 0) is 19.4 Å². The SMILES string of the molecule is CC1OCCC(N)(c2ccccc2F)C1CO. The monoisotopic (exact) mass is 239 g/mol. The molecule has 0 bridgehead atoms. The fourth-order valence-corrected chi connectivity index (χ4v) is 2.62. The highest BCUT2D eigenvalue weighted by molar-refractivity contribution is 5.28. The van der Waals surface area contributed by atoms with Gasteiger partial charge in [-0.3, -0.25) is 0 Å². The first-order valence-electron chi connectivity index (χ1n) is 5.86. The van der Waals surface area contributed by atoms with Crippen LogP contribution in [0.25, 0.3) is 0 Å². The predicted molar refractivity (Wildman–Crippen MR) is 62.9 cm³/mol. The zero-order valence-electron chi connectivity index (χ0n) is 9.90. The van der Waals surface area contributed by atoms with Gasteiger partial charge in [-0.25, -0.2) is 4.39 Å². The van der Waals surface area contributed by atoms with Crippen LogP contribution in [-0.4, -0.2) is 24.4 Å². The molecule has 0 radical (unpaired) electrons. The largest absolute Gasteiger partial charge is 0.396 e. The van der Waals surface area contributed by atoms with E-state index in [0.29, 0.717) is 18.6 Å². The third-order valence-electron chi connectivity index (χ3n) is 3.70. The van der Waals surface area contributed by atoms with Crippen LogP contribution in [0.15, 0.2) is 24.3 Å².